The van der Waals surface area contributed by atoms with Gasteiger partial charge in [-0.15, -0.1) is 0 Å². The summed E-state index contributed by atoms with van der Waals surface area (Å²) in [5.41, 5.74) is -4.49. The summed E-state index contributed by atoms with van der Waals surface area (Å²) in [6.45, 7) is 4.99. The summed E-state index contributed by atoms with van der Waals surface area (Å²) in [7, 11) is 0.452. The van der Waals surface area contributed by atoms with Gasteiger partial charge in [0.05, 0.1) is 5.39 Å². The number of aromatic nitrogens is 2. The molecule has 0 bridgehead atoms. The summed E-state index contributed by atoms with van der Waals surface area (Å²) in [5.74, 6) is -8.18. The smallest absolute Gasteiger partial charge is 0.347 e. The second kappa shape index (κ2) is 8.86. The predicted octanol–water partition coefficient (Wildman–Crippen LogP) is 4.82. The monoisotopic (exact) mass is 504 g/mol. The van der Waals surface area contributed by atoms with Crippen LogP contribution in [0, 0.1) is 23.3 Å². The Labute approximate surface area is 194 Å². The van der Waals surface area contributed by atoms with Gasteiger partial charge in [-0.05, 0) is 26.3 Å². The average Bonchev–Trinajstić information content (AvgIpc) is 2.72. The number of fused-ring (bicyclic) bond motifs is 1. The third kappa shape index (κ3) is 4.93. The molecule has 0 aliphatic rings. The maximum absolute atomic E-state index is 14.6. The van der Waals surface area contributed by atoms with E-state index in [0.717, 1.165) is 0 Å². The number of nitrogens with one attached hydrogen (secondary N) is 1. The van der Waals surface area contributed by atoms with Crippen molar-refractivity contribution in [3.05, 3.63) is 63.5 Å². The van der Waals surface area contributed by atoms with Crippen LogP contribution in [0.5, 0.6) is 0 Å². The fourth-order valence-electron chi connectivity index (χ4n) is 3.13. The van der Waals surface area contributed by atoms with E-state index in [2.05, 4.69) is 10.3 Å². The van der Waals surface area contributed by atoms with E-state index >= 15 is 0 Å². The molecule has 13 heteroatoms. The molecule has 2 heterocycles. The number of alkyl halides is 3. The van der Waals surface area contributed by atoms with Crippen LogP contribution in [-0.2, 0) is 0 Å². The number of hydrogen-bond acceptors (Lipinski definition) is 4. The van der Waals surface area contributed by atoms with Crippen LogP contribution in [0.1, 0.15) is 37.6 Å². The van der Waals surface area contributed by atoms with E-state index in [4.69, 9.17) is 0 Å². The molecular weight excluding hydrogens is 485 g/mol. The molecule has 0 aliphatic heterocycles. The molecule has 0 saturated heterocycles. The number of pyridine rings is 2. The highest BCUT2D eigenvalue weighted by Crippen LogP contribution is 2.30. The molecule has 3 aromatic rings. The Morgan fingerprint density at radius 2 is 1.63 bits per heavy atom. The van der Waals surface area contributed by atoms with Crippen LogP contribution in [-0.4, -0.2) is 34.3 Å². The average molecular weight is 504 g/mol. The first-order chi connectivity index (χ1) is 16.1. The third-order valence-corrected chi connectivity index (χ3v) is 5.41. The molecule has 188 valence electrons. The third-order valence-electron chi connectivity index (χ3n) is 5.41. The topological polar surface area (TPSA) is 67.2 Å². The van der Waals surface area contributed by atoms with Crippen LogP contribution >= 0.6 is 0 Å². The van der Waals surface area contributed by atoms with Gasteiger partial charge in [0, 0.05) is 30.9 Å². The number of anilines is 1. The Hall–Kier alpha value is -3.64. The lowest BCUT2D eigenvalue weighted by Crippen LogP contribution is -2.44. The Balaban J connectivity index is 2.44. The van der Waals surface area contributed by atoms with E-state index in [0.29, 0.717) is 30.3 Å². The van der Waals surface area contributed by atoms with Crippen molar-refractivity contribution in [2.24, 2.45) is 0 Å². The standard InChI is InChI=1S/C22H19F7N4O2/c1-5-21(2,3)31-20(35)12-9-33(16-13(24)6-10(23)7-14(16)25)18-11(17(12)34)8-15(26)19(30-18)32(4)22(27,28)29/h6-9H,5H2,1-4H3,(H,31,35). The second-order valence-corrected chi connectivity index (χ2v) is 8.34. The Kier molecular flexibility index (Phi) is 6.57. The molecule has 0 radical (unpaired) electrons. The van der Waals surface area contributed by atoms with Crippen molar-refractivity contribution in [1.29, 1.82) is 0 Å². The molecule has 0 saturated carbocycles. The lowest BCUT2D eigenvalue weighted by atomic mass is 10.0. The summed E-state index contributed by atoms with van der Waals surface area (Å²) in [6, 6.07) is 0.961. The first kappa shape index (κ1) is 26.0. The minimum absolute atomic E-state index is 0.286. The highest BCUT2D eigenvalue weighted by Gasteiger charge is 2.37. The predicted molar refractivity (Wildman–Crippen MR) is 113 cm³/mol. The summed E-state index contributed by atoms with van der Waals surface area (Å²) in [6.07, 6.45) is -4.01. The van der Waals surface area contributed by atoms with E-state index < -0.39 is 79.4 Å². The van der Waals surface area contributed by atoms with Crippen molar-refractivity contribution in [1.82, 2.24) is 14.9 Å². The summed E-state index contributed by atoms with van der Waals surface area (Å²) in [5, 5.41) is 1.81. The Morgan fingerprint density at radius 1 is 1.06 bits per heavy atom. The number of nitrogens with zero attached hydrogens (tertiary/aromatic N) is 3. The summed E-state index contributed by atoms with van der Waals surface area (Å²) < 4.78 is 97.4. The van der Waals surface area contributed by atoms with Gasteiger partial charge >= 0.3 is 6.30 Å². The van der Waals surface area contributed by atoms with E-state index in [1.807, 2.05) is 0 Å². The van der Waals surface area contributed by atoms with Gasteiger partial charge in [0.25, 0.3) is 5.91 Å². The molecule has 0 atom stereocenters. The molecular formula is C22H19F7N4O2. The minimum atomic E-state index is -5.09. The maximum Gasteiger partial charge on any atom is 0.485 e. The number of rotatable bonds is 5. The van der Waals surface area contributed by atoms with E-state index in [9.17, 15) is 40.3 Å². The molecule has 0 unspecified atom stereocenters. The molecule has 0 aliphatic carbocycles. The zero-order valence-corrected chi connectivity index (χ0v) is 18.8. The van der Waals surface area contributed by atoms with Crippen molar-refractivity contribution < 1.29 is 35.5 Å². The fourth-order valence-corrected chi connectivity index (χ4v) is 3.13. The molecule has 6 nitrogen and oxygen atoms in total. The summed E-state index contributed by atoms with van der Waals surface area (Å²) >= 11 is 0. The molecule has 3 rings (SSSR count). The molecule has 2 aromatic heterocycles. The van der Waals surface area contributed by atoms with Crippen molar-refractivity contribution in [3.63, 3.8) is 0 Å². The molecule has 1 amide bonds. The SMILES string of the molecule is CCC(C)(C)NC(=O)c1cn(-c2c(F)cc(F)cc2F)c2nc(N(C)C(F)(F)F)c(F)cc2c1=O. The summed E-state index contributed by atoms with van der Waals surface area (Å²) in [4.78, 5) is 28.9. The number of hydrogen-bond donors (Lipinski definition) is 1. The number of carbonyl (C=O) groups excluding carboxylic acids is 1. The van der Waals surface area contributed by atoms with E-state index in [1.165, 1.54) is 0 Å². The van der Waals surface area contributed by atoms with Crippen LogP contribution in [0.2, 0.25) is 0 Å². The fraction of sp³-hybridized carbons (Fsp3) is 0.318. The second-order valence-electron chi connectivity index (χ2n) is 8.34. The van der Waals surface area contributed by atoms with E-state index in [-0.39, 0.29) is 12.1 Å². The number of benzene rings is 1. The van der Waals surface area contributed by atoms with Crippen LogP contribution in [0.4, 0.5) is 36.6 Å². The maximum atomic E-state index is 14.6. The van der Waals surface area contributed by atoms with Gasteiger partial charge < -0.3 is 5.32 Å². The van der Waals surface area contributed by atoms with Gasteiger partial charge in [-0.25, -0.2) is 22.5 Å². The highest BCUT2D eigenvalue weighted by molar-refractivity contribution is 5.97. The van der Waals surface area contributed by atoms with Gasteiger partial charge in [-0.2, -0.15) is 13.2 Å². The lowest BCUT2D eigenvalue weighted by molar-refractivity contribution is -0.126. The molecule has 0 spiro atoms. The lowest BCUT2D eigenvalue weighted by Gasteiger charge is -2.25. The van der Waals surface area contributed by atoms with Crippen molar-refractivity contribution in [3.8, 4) is 5.69 Å². The molecule has 0 fully saturated rings. The zero-order chi connectivity index (χ0) is 26.5. The zero-order valence-electron chi connectivity index (χ0n) is 18.8. The van der Waals surface area contributed by atoms with Crippen LogP contribution < -0.4 is 15.6 Å². The van der Waals surface area contributed by atoms with Crippen molar-refractivity contribution in [2.45, 2.75) is 39.0 Å². The van der Waals surface area contributed by atoms with Crippen LogP contribution in [0.25, 0.3) is 16.7 Å². The van der Waals surface area contributed by atoms with Gasteiger partial charge in [0.2, 0.25) is 5.43 Å². The van der Waals surface area contributed by atoms with E-state index in [1.54, 1.807) is 20.8 Å². The van der Waals surface area contributed by atoms with Gasteiger partial charge in [0.1, 0.15) is 17.1 Å². The minimum Gasteiger partial charge on any atom is -0.347 e. The molecule has 1 N–H and O–H groups in total. The van der Waals surface area contributed by atoms with Crippen molar-refractivity contribution in [2.75, 3.05) is 11.9 Å². The molecule has 1 aromatic carbocycles. The van der Waals surface area contributed by atoms with Gasteiger partial charge in [0.15, 0.2) is 28.9 Å². The van der Waals surface area contributed by atoms with Crippen LogP contribution in [0.15, 0.2) is 29.2 Å². The van der Waals surface area contributed by atoms with Crippen molar-refractivity contribution >= 4 is 22.8 Å². The first-order valence-corrected chi connectivity index (χ1v) is 10.1. The van der Waals surface area contributed by atoms with Crippen LogP contribution in [0.3, 0.4) is 0 Å². The first-order valence-electron chi connectivity index (χ1n) is 10.1. The van der Waals surface area contributed by atoms with Gasteiger partial charge in [-0.3, -0.25) is 19.1 Å². The number of carbonyl (C=O) groups is 1. The Morgan fingerprint density at radius 3 is 2.14 bits per heavy atom. The number of amides is 1. The largest absolute Gasteiger partial charge is 0.485 e. The highest BCUT2D eigenvalue weighted by atomic mass is 19.4. The van der Waals surface area contributed by atoms with Gasteiger partial charge in [-0.1, -0.05) is 6.92 Å². The number of halogens is 7. The quantitative estimate of drug-likeness (QED) is 0.400. The normalized spacial score (nSPS) is 12.2. The Bertz CT molecular complexity index is 1360. The molecule has 35 heavy (non-hydrogen) atoms.